The molecule has 2 aliphatic rings. The van der Waals surface area contributed by atoms with Gasteiger partial charge in [0.05, 0.1) is 43.9 Å². The summed E-state index contributed by atoms with van der Waals surface area (Å²) in [6.45, 7) is 0.00229. The Kier molecular flexibility index (Phi) is 8.90. The fraction of sp³-hybridized carbons (Fsp3) is 0.464. The van der Waals surface area contributed by atoms with Crippen LogP contribution in [0.5, 0.6) is 11.5 Å². The number of benzene rings is 2. The fourth-order valence-electron chi connectivity index (χ4n) is 6.14. The summed E-state index contributed by atoms with van der Waals surface area (Å²) < 4.78 is 59.2. The molecule has 13 heteroatoms. The lowest BCUT2D eigenvalue weighted by Crippen LogP contribution is -2.61. The van der Waals surface area contributed by atoms with E-state index in [1.165, 1.54) is 19.1 Å². The van der Waals surface area contributed by atoms with Crippen LogP contribution >= 0.6 is 0 Å². The minimum Gasteiger partial charge on any atom is -0.493 e. The molecule has 2 aromatic rings. The second-order valence-corrected chi connectivity index (χ2v) is 13.2. The third-order valence-corrected chi connectivity index (χ3v) is 9.78. The quantitative estimate of drug-likeness (QED) is 0.276. The smallest absolute Gasteiger partial charge is 0.318 e. The maximum atomic E-state index is 14.2. The zero-order chi connectivity index (χ0) is 30.0. The number of fused-ring (bicyclic) bond motifs is 1. The molecule has 11 nitrogen and oxygen atoms in total. The summed E-state index contributed by atoms with van der Waals surface area (Å²) in [5, 5.41) is 0. The molecule has 1 heterocycles. The molecule has 1 unspecified atom stereocenters. The molecule has 222 valence electrons. The molecule has 1 saturated carbocycles. The number of ketones is 1. The maximum absolute atomic E-state index is 14.2. The number of ether oxygens (including phenoxy) is 3. The fourth-order valence-corrected chi connectivity index (χ4v) is 7.82. The van der Waals surface area contributed by atoms with Crippen LogP contribution in [0.1, 0.15) is 31.2 Å². The maximum Gasteiger partial charge on any atom is 0.318 e. The Hall–Kier alpha value is -3.29. The summed E-state index contributed by atoms with van der Waals surface area (Å²) in [7, 11) is -1.64. The van der Waals surface area contributed by atoms with Gasteiger partial charge in [-0.1, -0.05) is 24.3 Å². The summed E-state index contributed by atoms with van der Waals surface area (Å²) >= 11 is 0. The molecule has 4 rings (SSSR count). The average Bonchev–Trinajstić information content (AvgIpc) is 3.16. The van der Waals surface area contributed by atoms with Crippen LogP contribution in [-0.4, -0.2) is 81.2 Å². The van der Waals surface area contributed by atoms with E-state index in [1.807, 2.05) is 6.07 Å². The first-order valence-electron chi connectivity index (χ1n) is 12.9. The Balaban J connectivity index is 1.90. The van der Waals surface area contributed by atoms with Crippen molar-refractivity contribution < 1.29 is 45.4 Å². The Labute approximate surface area is 241 Å². The third kappa shape index (κ3) is 5.38. The van der Waals surface area contributed by atoms with E-state index in [-0.39, 0.29) is 37.3 Å². The zero-order valence-electron chi connectivity index (χ0n) is 23.3. The van der Waals surface area contributed by atoms with Crippen LogP contribution in [0.25, 0.3) is 0 Å². The number of Topliss-reactive ketones (excluding diaryl/α,β-unsaturated/α-hetero) is 1. The lowest BCUT2D eigenvalue weighted by Gasteiger charge is -2.51. The van der Waals surface area contributed by atoms with E-state index in [9.17, 15) is 27.0 Å². The molecular weight excluding hydrogens is 574 g/mol. The Bertz CT molecular complexity index is 1460. The second-order valence-electron chi connectivity index (χ2n) is 9.99. The number of esters is 1. The zero-order valence-corrected chi connectivity index (χ0v) is 24.9. The van der Waals surface area contributed by atoms with Crippen molar-refractivity contribution in [2.75, 3.05) is 39.9 Å². The normalized spacial score (nSPS) is 25.0. The molecule has 0 spiro atoms. The van der Waals surface area contributed by atoms with E-state index >= 15 is 0 Å². The minimum atomic E-state index is -4.27. The van der Waals surface area contributed by atoms with Gasteiger partial charge in [0.1, 0.15) is 11.2 Å². The highest BCUT2D eigenvalue weighted by Crippen LogP contribution is 2.62. The van der Waals surface area contributed by atoms with Crippen LogP contribution in [0.15, 0.2) is 53.4 Å². The lowest BCUT2D eigenvalue weighted by atomic mass is 9.57. The molecule has 1 saturated heterocycles. The predicted octanol–water partition coefficient (Wildman–Crippen LogP) is 2.20. The van der Waals surface area contributed by atoms with Crippen molar-refractivity contribution >= 4 is 38.6 Å². The van der Waals surface area contributed by atoms with Gasteiger partial charge >= 0.3 is 5.97 Å². The van der Waals surface area contributed by atoms with Crippen LogP contribution in [0.4, 0.5) is 0 Å². The molecule has 0 aromatic heterocycles. The number of likely N-dealkylation sites (tertiary alicyclic amines) is 1. The van der Waals surface area contributed by atoms with Gasteiger partial charge in [0.2, 0.25) is 0 Å². The van der Waals surface area contributed by atoms with Crippen LogP contribution in [0, 0.1) is 5.41 Å². The predicted molar refractivity (Wildman–Crippen MR) is 148 cm³/mol. The molecule has 0 bridgehead atoms. The number of nitrogens with zero attached hydrogens (tertiary/aromatic N) is 1. The van der Waals surface area contributed by atoms with E-state index in [1.54, 1.807) is 42.5 Å². The standard InChI is InChI=1S/C28H33NO10S2/c1-36-22-12-11-19(17-23(22)37-2)28-14-13-20(30)18-27(28,26(32)38-3)24(39-41(4,34)35)25(31)29(28)15-8-16-40(33)21-9-6-5-7-10-21/h5-7,9-12,17,24H,8,13-16,18H2,1-4H3/t24-,27-,28+,40?/m0/s1. The summed E-state index contributed by atoms with van der Waals surface area (Å²) in [6.07, 6.45) is -1.31. The van der Waals surface area contributed by atoms with Gasteiger partial charge in [-0.05, 0) is 42.7 Å². The van der Waals surface area contributed by atoms with E-state index in [4.69, 9.17) is 18.4 Å². The van der Waals surface area contributed by atoms with Crippen molar-refractivity contribution in [3.8, 4) is 11.5 Å². The number of hydrogen-bond acceptors (Lipinski definition) is 10. The van der Waals surface area contributed by atoms with Crippen molar-refractivity contribution in [3.05, 3.63) is 54.1 Å². The number of hydrogen-bond donors (Lipinski definition) is 0. The average molecular weight is 608 g/mol. The summed E-state index contributed by atoms with van der Waals surface area (Å²) in [5.74, 6) is -1.18. The minimum absolute atomic E-state index is 0.00229. The van der Waals surface area contributed by atoms with Crippen LogP contribution in [0.2, 0.25) is 0 Å². The highest BCUT2D eigenvalue weighted by molar-refractivity contribution is 7.86. The number of carbonyl (C=O) groups is 3. The summed E-state index contributed by atoms with van der Waals surface area (Å²) in [6, 6.07) is 13.7. The van der Waals surface area contributed by atoms with Crippen molar-refractivity contribution in [2.45, 2.75) is 42.2 Å². The number of methoxy groups -OCH3 is 3. The topological polar surface area (TPSA) is 143 Å². The van der Waals surface area contributed by atoms with Gasteiger partial charge in [-0.2, -0.15) is 8.42 Å². The number of amides is 1. The Morgan fingerprint density at radius 3 is 2.34 bits per heavy atom. The van der Waals surface area contributed by atoms with Gasteiger partial charge in [-0.15, -0.1) is 0 Å². The molecule has 4 atom stereocenters. The van der Waals surface area contributed by atoms with Crippen LogP contribution in [-0.2, 0) is 49.8 Å². The van der Waals surface area contributed by atoms with Gasteiger partial charge in [-0.3, -0.25) is 22.8 Å². The molecule has 2 aromatic carbocycles. The number of carbonyl (C=O) groups excluding carboxylic acids is 3. The molecule has 2 fully saturated rings. The van der Waals surface area contributed by atoms with Crippen LogP contribution < -0.4 is 9.47 Å². The molecule has 1 aliphatic carbocycles. The van der Waals surface area contributed by atoms with Gasteiger partial charge in [0.25, 0.3) is 16.0 Å². The van der Waals surface area contributed by atoms with Crippen molar-refractivity contribution in [1.29, 1.82) is 0 Å². The summed E-state index contributed by atoms with van der Waals surface area (Å²) in [5.41, 5.74) is -3.16. The molecule has 1 aliphatic heterocycles. The van der Waals surface area contributed by atoms with Gasteiger partial charge in [0, 0.05) is 30.0 Å². The van der Waals surface area contributed by atoms with E-state index in [2.05, 4.69) is 0 Å². The molecule has 0 N–H and O–H groups in total. The largest absolute Gasteiger partial charge is 0.493 e. The van der Waals surface area contributed by atoms with Crippen LogP contribution in [0.3, 0.4) is 0 Å². The highest BCUT2D eigenvalue weighted by atomic mass is 32.2. The van der Waals surface area contributed by atoms with Gasteiger partial charge in [0.15, 0.2) is 17.6 Å². The van der Waals surface area contributed by atoms with E-state index in [0.717, 1.165) is 13.4 Å². The molecule has 0 radical (unpaired) electrons. The second kappa shape index (κ2) is 11.9. The number of rotatable bonds is 11. The van der Waals surface area contributed by atoms with Crippen molar-refractivity contribution in [1.82, 2.24) is 4.90 Å². The van der Waals surface area contributed by atoms with E-state index in [0.29, 0.717) is 22.0 Å². The first-order chi connectivity index (χ1) is 19.4. The SMILES string of the molecule is COC(=O)[C@@]12CC(=O)CC[C@]1(c1ccc(OC)c(OC)c1)N(CCCS(=O)c1ccccc1)C(=O)[C@@H]2OS(C)(=O)=O. The van der Waals surface area contributed by atoms with Crippen molar-refractivity contribution in [2.24, 2.45) is 5.41 Å². The first-order valence-corrected chi connectivity index (χ1v) is 16.0. The lowest BCUT2D eigenvalue weighted by molar-refractivity contribution is -0.172. The monoisotopic (exact) mass is 607 g/mol. The van der Waals surface area contributed by atoms with Gasteiger partial charge in [-0.25, -0.2) is 0 Å². The van der Waals surface area contributed by atoms with Gasteiger partial charge < -0.3 is 19.1 Å². The van der Waals surface area contributed by atoms with Crippen molar-refractivity contribution in [3.63, 3.8) is 0 Å². The first kappa shape index (κ1) is 30.7. The molecule has 41 heavy (non-hydrogen) atoms. The Morgan fingerprint density at radius 1 is 1.05 bits per heavy atom. The Morgan fingerprint density at radius 2 is 1.73 bits per heavy atom. The molecule has 1 amide bonds. The highest BCUT2D eigenvalue weighted by Gasteiger charge is 2.76. The summed E-state index contributed by atoms with van der Waals surface area (Å²) in [4.78, 5) is 43.0. The van der Waals surface area contributed by atoms with E-state index < -0.39 is 56.3 Å². The molecular formula is C28H33NO10S2. The third-order valence-electron chi connectivity index (χ3n) is 7.78.